The van der Waals surface area contributed by atoms with Crippen LogP contribution in [0.1, 0.15) is 0 Å². The minimum Gasteiger partial charge on any atom is -0.456 e. The van der Waals surface area contributed by atoms with Crippen LogP contribution in [0.2, 0.25) is 5.02 Å². The molecule has 2 heteroatoms. The normalized spacial score (nSPS) is 12.4. The molecule has 0 saturated carbocycles. The summed E-state index contributed by atoms with van der Waals surface area (Å²) < 4.78 is 6.14. The molecule has 6 rings (SSSR count). The highest BCUT2D eigenvalue weighted by molar-refractivity contribution is 6.40. The molecule has 0 amide bonds. The van der Waals surface area contributed by atoms with Crippen LogP contribution >= 0.6 is 11.6 Å². The van der Waals surface area contributed by atoms with Gasteiger partial charge in [-0.15, -0.1) is 0 Å². The Labute approximate surface area is 143 Å². The fourth-order valence-electron chi connectivity index (χ4n) is 4.14. The Morgan fingerprint density at radius 3 is 2.21 bits per heavy atom. The molecular formula is C22H11ClO. The smallest absolute Gasteiger partial charge is 0.136 e. The monoisotopic (exact) mass is 326 g/mol. The second kappa shape index (κ2) is 4.19. The topological polar surface area (TPSA) is 13.1 Å². The van der Waals surface area contributed by atoms with E-state index in [2.05, 4.69) is 48.5 Å². The van der Waals surface area contributed by atoms with E-state index in [9.17, 15) is 0 Å². The van der Waals surface area contributed by atoms with Gasteiger partial charge in [0.05, 0.1) is 5.02 Å². The second-order valence-electron chi connectivity index (χ2n) is 6.29. The van der Waals surface area contributed by atoms with Crippen molar-refractivity contribution in [1.82, 2.24) is 0 Å². The zero-order valence-corrected chi connectivity index (χ0v) is 13.4. The van der Waals surface area contributed by atoms with E-state index in [4.69, 9.17) is 16.0 Å². The molecule has 1 nitrogen and oxygen atoms in total. The molecule has 0 saturated heterocycles. The van der Waals surface area contributed by atoms with E-state index in [1.54, 1.807) is 0 Å². The van der Waals surface area contributed by atoms with E-state index < -0.39 is 0 Å². The van der Waals surface area contributed by atoms with E-state index in [-0.39, 0.29) is 0 Å². The molecule has 1 aliphatic rings. The summed E-state index contributed by atoms with van der Waals surface area (Å²) in [5.41, 5.74) is 6.85. The molecular weight excluding hydrogens is 316 g/mol. The summed E-state index contributed by atoms with van der Waals surface area (Å²) in [5.74, 6) is 0. The molecule has 0 spiro atoms. The molecule has 0 bridgehead atoms. The Kier molecular flexibility index (Phi) is 2.21. The summed E-state index contributed by atoms with van der Waals surface area (Å²) in [6.07, 6.45) is 0. The summed E-state index contributed by atoms with van der Waals surface area (Å²) in [6, 6.07) is 23.1. The van der Waals surface area contributed by atoms with Crippen molar-refractivity contribution in [1.29, 1.82) is 0 Å². The maximum Gasteiger partial charge on any atom is 0.136 e. The van der Waals surface area contributed by atoms with Gasteiger partial charge in [-0.05, 0) is 51.2 Å². The first kappa shape index (κ1) is 12.6. The summed E-state index contributed by atoms with van der Waals surface area (Å²) >= 11 is 6.50. The average molecular weight is 327 g/mol. The highest BCUT2D eigenvalue weighted by atomic mass is 35.5. The molecule has 1 heterocycles. The Morgan fingerprint density at radius 2 is 1.33 bits per heavy atom. The highest BCUT2D eigenvalue weighted by Crippen LogP contribution is 2.51. The van der Waals surface area contributed by atoms with Crippen LogP contribution < -0.4 is 0 Å². The van der Waals surface area contributed by atoms with E-state index in [0.717, 1.165) is 27.0 Å². The molecule has 0 fully saturated rings. The molecule has 0 radical (unpaired) electrons. The van der Waals surface area contributed by atoms with Crippen LogP contribution in [0.3, 0.4) is 0 Å². The van der Waals surface area contributed by atoms with Crippen LogP contribution in [0.4, 0.5) is 0 Å². The number of hydrogen-bond acceptors (Lipinski definition) is 1. The van der Waals surface area contributed by atoms with Crippen LogP contribution in [0.25, 0.3) is 55.0 Å². The molecule has 0 aliphatic heterocycles. The third-order valence-electron chi connectivity index (χ3n) is 5.08. The Morgan fingerprint density at radius 1 is 0.583 bits per heavy atom. The summed E-state index contributed by atoms with van der Waals surface area (Å²) in [7, 11) is 0. The van der Waals surface area contributed by atoms with Crippen molar-refractivity contribution in [2.75, 3.05) is 0 Å². The molecule has 0 unspecified atom stereocenters. The lowest BCUT2D eigenvalue weighted by Gasteiger charge is -2.04. The minimum absolute atomic E-state index is 0.738. The van der Waals surface area contributed by atoms with Crippen LogP contribution in [0, 0.1) is 0 Å². The SMILES string of the molecule is Clc1cccc2oc3cc4c5c(cccc5c3c12)-c1ccccc1-4. The van der Waals surface area contributed by atoms with Crippen molar-refractivity contribution in [3.8, 4) is 22.3 Å². The molecule has 4 aromatic carbocycles. The maximum absolute atomic E-state index is 6.50. The minimum atomic E-state index is 0.738. The van der Waals surface area contributed by atoms with Gasteiger partial charge in [0, 0.05) is 10.8 Å². The molecule has 112 valence electrons. The zero-order valence-electron chi connectivity index (χ0n) is 12.6. The number of halogens is 1. The van der Waals surface area contributed by atoms with E-state index in [1.807, 2.05) is 18.2 Å². The number of furan rings is 1. The number of hydrogen-bond donors (Lipinski definition) is 0. The lowest BCUT2D eigenvalue weighted by Crippen LogP contribution is -1.78. The predicted molar refractivity (Wildman–Crippen MR) is 101 cm³/mol. The summed E-state index contributed by atoms with van der Waals surface area (Å²) in [6.45, 7) is 0. The van der Waals surface area contributed by atoms with Crippen molar-refractivity contribution in [3.63, 3.8) is 0 Å². The first-order chi connectivity index (χ1) is 11.8. The Hall–Kier alpha value is -2.77. The van der Waals surface area contributed by atoms with Crippen molar-refractivity contribution in [3.05, 3.63) is 71.8 Å². The van der Waals surface area contributed by atoms with E-state index in [0.29, 0.717) is 0 Å². The van der Waals surface area contributed by atoms with Crippen LogP contribution in [-0.2, 0) is 0 Å². The van der Waals surface area contributed by atoms with Crippen molar-refractivity contribution in [2.24, 2.45) is 0 Å². The highest BCUT2D eigenvalue weighted by Gasteiger charge is 2.24. The lowest BCUT2D eigenvalue weighted by atomic mass is 9.98. The van der Waals surface area contributed by atoms with Crippen LogP contribution in [0.5, 0.6) is 0 Å². The van der Waals surface area contributed by atoms with Crippen LogP contribution in [0.15, 0.2) is 71.1 Å². The Balaban J connectivity index is 1.95. The van der Waals surface area contributed by atoms with Gasteiger partial charge in [0.25, 0.3) is 0 Å². The standard InChI is InChI=1S/C22H11ClO/c23-17-9-4-10-18-22(17)21-15-8-3-7-14-12-5-1-2-6-13(12)16(20(14)15)11-19(21)24-18/h1-11H. The molecule has 5 aromatic rings. The number of benzene rings is 4. The van der Waals surface area contributed by atoms with Gasteiger partial charge in [-0.3, -0.25) is 0 Å². The first-order valence-corrected chi connectivity index (χ1v) is 8.37. The van der Waals surface area contributed by atoms with Gasteiger partial charge in [-0.1, -0.05) is 60.1 Å². The third-order valence-corrected chi connectivity index (χ3v) is 5.39. The number of fused-ring (bicyclic) bond motifs is 7. The quantitative estimate of drug-likeness (QED) is 0.292. The average Bonchev–Trinajstić information content (AvgIpc) is 3.14. The van der Waals surface area contributed by atoms with Crippen molar-refractivity contribution in [2.45, 2.75) is 0 Å². The van der Waals surface area contributed by atoms with E-state index in [1.165, 1.54) is 33.0 Å². The largest absolute Gasteiger partial charge is 0.456 e. The molecule has 0 atom stereocenters. The summed E-state index contributed by atoms with van der Waals surface area (Å²) in [4.78, 5) is 0. The molecule has 24 heavy (non-hydrogen) atoms. The third kappa shape index (κ3) is 1.37. The van der Waals surface area contributed by atoms with Gasteiger partial charge >= 0.3 is 0 Å². The fraction of sp³-hybridized carbons (Fsp3) is 0. The second-order valence-corrected chi connectivity index (χ2v) is 6.69. The maximum atomic E-state index is 6.50. The van der Waals surface area contributed by atoms with Crippen molar-refractivity contribution >= 4 is 44.3 Å². The van der Waals surface area contributed by atoms with Gasteiger partial charge in [0.15, 0.2) is 0 Å². The predicted octanol–water partition coefficient (Wildman–Crippen LogP) is 7.04. The first-order valence-electron chi connectivity index (χ1n) is 7.99. The number of rotatable bonds is 0. The van der Waals surface area contributed by atoms with Gasteiger partial charge in [-0.2, -0.15) is 0 Å². The molecule has 1 aromatic heterocycles. The van der Waals surface area contributed by atoms with Gasteiger partial charge < -0.3 is 4.42 Å². The molecule has 0 N–H and O–H groups in total. The van der Waals surface area contributed by atoms with Crippen LogP contribution in [-0.4, -0.2) is 0 Å². The van der Waals surface area contributed by atoms with Gasteiger partial charge in [0.1, 0.15) is 11.2 Å². The van der Waals surface area contributed by atoms with Gasteiger partial charge in [-0.25, -0.2) is 0 Å². The summed E-state index contributed by atoms with van der Waals surface area (Å²) in [5, 5.41) is 5.37. The van der Waals surface area contributed by atoms with Gasteiger partial charge in [0.2, 0.25) is 0 Å². The zero-order chi connectivity index (χ0) is 15.8. The molecule has 1 aliphatic carbocycles. The van der Waals surface area contributed by atoms with E-state index >= 15 is 0 Å². The lowest BCUT2D eigenvalue weighted by molar-refractivity contribution is 0.669. The Bertz CT molecular complexity index is 1310. The fourth-order valence-corrected chi connectivity index (χ4v) is 4.40. The van der Waals surface area contributed by atoms with Crippen molar-refractivity contribution < 1.29 is 4.42 Å².